The van der Waals surface area contributed by atoms with Crippen molar-refractivity contribution in [3.05, 3.63) is 12.7 Å². The number of allylic oxidation sites excluding steroid dienone is 1. The molecule has 3 rings (SSSR count). The molecule has 0 unspecified atom stereocenters. The minimum absolute atomic E-state index is 0.0338. The Morgan fingerprint density at radius 1 is 1.39 bits per heavy atom. The molecule has 1 heterocycles. The highest BCUT2D eigenvalue weighted by molar-refractivity contribution is 5.88. The van der Waals surface area contributed by atoms with Crippen molar-refractivity contribution < 1.29 is 23.7 Å². The minimum atomic E-state index is -0.608. The van der Waals surface area contributed by atoms with Gasteiger partial charge in [-0.25, -0.2) is 0 Å². The van der Waals surface area contributed by atoms with Gasteiger partial charge in [0.15, 0.2) is 5.79 Å². The highest BCUT2D eigenvalue weighted by atomic mass is 16.8. The molecule has 0 aromatic rings. The summed E-state index contributed by atoms with van der Waals surface area (Å²) in [6.07, 6.45) is 5.12. The molecule has 23 heavy (non-hydrogen) atoms. The molecule has 5 heteroatoms. The predicted octanol–water partition coefficient (Wildman–Crippen LogP) is 2.69. The number of fused-ring (bicyclic) bond motifs is 3. The first kappa shape index (κ1) is 17.1. The average molecular weight is 324 g/mol. The Balaban J connectivity index is 1.84. The van der Waals surface area contributed by atoms with Crippen LogP contribution in [-0.4, -0.2) is 44.3 Å². The molecular weight excluding hydrogens is 296 g/mol. The van der Waals surface area contributed by atoms with E-state index in [2.05, 4.69) is 6.58 Å². The second kappa shape index (κ2) is 5.96. The Labute approximate surface area is 138 Å². The zero-order valence-corrected chi connectivity index (χ0v) is 14.4. The SMILES string of the molecule is C=CC[C@@H]1C(=O)[C@@H]2C[C@@]1(COCOC)CC[C@]21COC(C)(C)O1. The number of carbonyl (C=O) groups is 1. The number of hydrogen-bond donors (Lipinski definition) is 0. The van der Waals surface area contributed by atoms with Gasteiger partial charge in [-0.1, -0.05) is 6.08 Å². The van der Waals surface area contributed by atoms with Crippen LogP contribution in [0.25, 0.3) is 0 Å². The molecular formula is C18H28O5. The molecule has 2 aliphatic carbocycles. The monoisotopic (exact) mass is 324 g/mol. The number of ketones is 1. The Bertz CT molecular complexity index is 488. The van der Waals surface area contributed by atoms with Gasteiger partial charge in [0.25, 0.3) is 0 Å². The summed E-state index contributed by atoms with van der Waals surface area (Å²) in [5, 5.41) is 0. The zero-order valence-electron chi connectivity index (χ0n) is 14.4. The number of Topliss-reactive ketones (excluding diaryl/α,β-unsaturated/α-hetero) is 1. The molecule has 0 aromatic heterocycles. The Kier molecular flexibility index (Phi) is 4.42. The van der Waals surface area contributed by atoms with Gasteiger partial charge < -0.3 is 18.9 Å². The molecule has 0 amide bonds. The quantitative estimate of drug-likeness (QED) is 0.427. The number of methoxy groups -OCH3 is 1. The lowest BCUT2D eigenvalue weighted by atomic mass is 9.67. The lowest BCUT2D eigenvalue weighted by Crippen LogP contribution is -2.47. The van der Waals surface area contributed by atoms with Crippen LogP contribution in [0.3, 0.4) is 0 Å². The van der Waals surface area contributed by atoms with Gasteiger partial charge >= 0.3 is 0 Å². The maximum absolute atomic E-state index is 13.1. The van der Waals surface area contributed by atoms with Gasteiger partial charge in [0.1, 0.15) is 18.2 Å². The van der Waals surface area contributed by atoms with Crippen molar-refractivity contribution in [2.45, 2.75) is 50.9 Å². The van der Waals surface area contributed by atoms with E-state index >= 15 is 0 Å². The zero-order chi connectivity index (χ0) is 16.7. The molecule has 130 valence electrons. The van der Waals surface area contributed by atoms with E-state index in [1.54, 1.807) is 7.11 Å². The fraction of sp³-hybridized carbons (Fsp3) is 0.833. The van der Waals surface area contributed by atoms with Crippen molar-refractivity contribution in [2.24, 2.45) is 17.3 Å². The summed E-state index contributed by atoms with van der Waals surface area (Å²) in [4.78, 5) is 13.1. The first-order valence-corrected chi connectivity index (χ1v) is 8.43. The lowest BCUT2D eigenvalue weighted by molar-refractivity contribution is -0.184. The maximum atomic E-state index is 13.1. The summed E-state index contributed by atoms with van der Waals surface area (Å²) in [6.45, 7) is 9.01. The molecule has 4 atom stereocenters. The van der Waals surface area contributed by atoms with Crippen LogP contribution in [0.15, 0.2) is 12.7 Å². The molecule has 3 fully saturated rings. The van der Waals surface area contributed by atoms with Crippen LogP contribution in [0.4, 0.5) is 0 Å². The summed E-state index contributed by atoms with van der Waals surface area (Å²) < 4.78 is 22.7. The number of rotatable bonds is 6. The molecule has 1 saturated heterocycles. The van der Waals surface area contributed by atoms with Crippen LogP contribution in [-0.2, 0) is 23.7 Å². The molecule has 3 aliphatic rings. The van der Waals surface area contributed by atoms with Gasteiger partial charge in [-0.3, -0.25) is 4.79 Å². The standard InChI is InChI=1S/C18H28O5/c1-5-6-13-15(19)14-9-17(13,10-21-12-20-4)7-8-18(14)11-22-16(2,3)23-18/h5,13-14H,1,6-12H2,2-4H3/t13-,14+,17-,18+/m1/s1. The van der Waals surface area contributed by atoms with Crippen molar-refractivity contribution in [2.75, 3.05) is 27.1 Å². The summed E-state index contributed by atoms with van der Waals surface area (Å²) in [6, 6.07) is 0. The second-order valence-electron chi connectivity index (χ2n) is 7.71. The minimum Gasteiger partial charge on any atom is -0.359 e. The summed E-state index contributed by atoms with van der Waals surface area (Å²) >= 11 is 0. The third-order valence-corrected chi connectivity index (χ3v) is 5.82. The van der Waals surface area contributed by atoms with E-state index in [9.17, 15) is 4.79 Å². The van der Waals surface area contributed by atoms with Gasteiger partial charge in [-0.15, -0.1) is 6.58 Å². The molecule has 5 nitrogen and oxygen atoms in total. The van der Waals surface area contributed by atoms with Gasteiger partial charge in [0.2, 0.25) is 0 Å². The maximum Gasteiger partial charge on any atom is 0.163 e. The van der Waals surface area contributed by atoms with E-state index in [-0.39, 0.29) is 24.0 Å². The van der Waals surface area contributed by atoms with E-state index in [1.807, 2.05) is 19.9 Å². The molecule has 2 saturated carbocycles. The summed E-state index contributed by atoms with van der Waals surface area (Å²) in [5.74, 6) is -0.448. The molecule has 1 spiro atoms. The Morgan fingerprint density at radius 2 is 2.17 bits per heavy atom. The largest absolute Gasteiger partial charge is 0.359 e. The summed E-state index contributed by atoms with van der Waals surface area (Å²) in [7, 11) is 1.61. The molecule has 2 bridgehead atoms. The first-order valence-electron chi connectivity index (χ1n) is 8.43. The number of ether oxygens (including phenoxy) is 4. The Morgan fingerprint density at radius 3 is 2.78 bits per heavy atom. The molecule has 1 aliphatic heterocycles. The molecule has 0 N–H and O–H groups in total. The van der Waals surface area contributed by atoms with Gasteiger partial charge in [0.05, 0.1) is 19.1 Å². The second-order valence-corrected chi connectivity index (χ2v) is 7.71. The van der Waals surface area contributed by atoms with Crippen LogP contribution in [0.1, 0.15) is 39.5 Å². The van der Waals surface area contributed by atoms with E-state index < -0.39 is 11.4 Å². The third kappa shape index (κ3) is 2.78. The van der Waals surface area contributed by atoms with Crippen LogP contribution in [0.5, 0.6) is 0 Å². The molecule has 0 radical (unpaired) electrons. The van der Waals surface area contributed by atoms with Crippen molar-refractivity contribution in [1.29, 1.82) is 0 Å². The number of hydrogen-bond acceptors (Lipinski definition) is 5. The van der Waals surface area contributed by atoms with Crippen molar-refractivity contribution in [1.82, 2.24) is 0 Å². The third-order valence-electron chi connectivity index (χ3n) is 5.82. The van der Waals surface area contributed by atoms with Gasteiger partial charge in [0, 0.05) is 18.4 Å². The van der Waals surface area contributed by atoms with Crippen LogP contribution < -0.4 is 0 Å². The highest BCUT2D eigenvalue weighted by Crippen LogP contribution is 2.60. The van der Waals surface area contributed by atoms with Crippen molar-refractivity contribution in [3.8, 4) is 0 Å². The van der Waals surface area contributed by atoms with Crippen molar-refractivity contribution >= 4 is 5.78 Å². The van der Waals surface area contributed by atoms with Gasteiger partial charge in [-0.2, -0.15) is 0 Å². The van der Waals surface area contributed by atoms with Crippen LogP contribution >= 0.6 is 0 Å². The normalized spacial score (nSPS) is 41.6. The topological polar surface area (TPSA) is 54.0 Å². The van der Waals surface area contributed by atoms with Crippen molar-refractivity contribution in [3.63, 3.8) is 0 Å². The first-order chi connectivity index (χ1) is 10.9. The average Bonchev–Trinajstić information content (AvgIpc) is 2.93. The number of carbonyl (C=O) groups excluding carboxylic acids is 1. The smallest absolute Gasteiger partial charge is 0.163 e. The highest BCUT2D eigenvalue weighted by Gasteiger charge is 2.65. The predicted molar refractivity (Wildman–Crippen MR) is 84.8 cm³/mol. The lowest BCUT2D eigenvalue weighted by Gasteiger charge is -2.43. The van der Waals surface area contributed by atoms with Crippen LogP contribution in [0.2, 0.25) is 0 Å². The van der Waals surface area contributed by atoms with Crippen LogP contribution in [0, 0.1) is 17.3 Å². The molecule has 0 aromatic carbocycles. The summed E-state index contributed by atoms with van der Waals surface area (Å²) in [5.41, 5.74) is -0.572. The fourth-order valence-corrected chi connectivity index (χ4v) is 4.78. The fourth-order valence-electron chi connectivity index (χ4n) is 4.78. The van der Waals surface area contributed by atoms with E-state index in [0.29, 0.717) is 25.4 Å². The van der Waals surface area contributed by atoms with Gasteiger partial charge in [-0.05, 0) is 39.5 Å². The Hall–Kier alpha value is -0.750. The van der Waals surface area contributed by atoms with E-state index in [4.69, 9.17) is 18.9 Å². The van der Waals surface area contributed by atoms with E-state index in [1.165, 1.54) is 0 Å². The van der Waals surface area contributed by atoms with E-state index in [0.717, 1.165) is 19.3 Å².